The molecule has 0 aliphatic carbocycles. The summed E-state index contributed by atoms with van der Waals surface area (Å²) in [4.78, 5) is 58.9. The van der Waals surface area contributed by atoms with Crippen LogP contribution in [0.1, 0.15) is 47.0 Å². The Morgan fingerprint density at radius 1 is 0.862 bits per heavy atom. The number of carbonyl (C=O) groups excluding carboxylic acids is 4. The van der Waals surface area contributed by atoms with Crippen LogP contribution in [-0.4, -0.2) is 59.4 Å². The number of rotatable bonds is 13. The number of hydrogen-bond donors (Lipinski definition) is 6. The first-order chi connectivity index (χ1) is 13.3. The van der Waals surface area contributed by atoms with Crippen molar-refractivity contribution < 1.29 is 29.1 Å². The van der Waals surface area contributed by atoms with E-state index in [2.05, 4.69) is 16.0 Å². The van der Waals surface area contributed by atoms with Gasteiger partial charge in [-0.05, 0) is 24.7 Å². The lowest BCUT2D eigenvalue weighted by atomic mass is 10.0. The second kappa shape index (κ2) is 12.7. The fourth-order valence-corrected chi connectivity index (χ4v) is 2.53. The van der Waals surface area contributed by atoms with E-state index in [1.807, 2.05) is 13.8 Å². The summed E-state index contributed by atoms with van der Waals surface area (Å²) in [6.45, 7) is 6.92. The average molecular weight is 415 g/mol. The molecule has 3 atom stereocenters. The molecule has 166 valence electrons. The molecule has 0 saturated carbocycles. The minimum absolute atomic E-state index is 0.00848. The highest BCUT2D eigenvalue weighted by Gasteiger charge is 2.28. The maximum absolute atomic E-state index is 12.4. The predicted octanol–water partition coefficient (Wildman–Crippen LogP) is -1.55. The molecule has 0 fully saturated rings. The summed E-state index contributed by atoms with van der Waals surface area (Å²) in [5, 5.41) is 16.2. The molecule has 0 bridgehead atoms. The molecule has 4 amide bonds. The molecule has 0 rings (SSSR count). The van der Waals surface area contributed by atoms with Crippen molar-refractivity contribution in [3.63, 3.8) is 0 Å². The average Bonchev–Trinajstić information content (AvgIpc) is 2.56. The van der Waals surface area contributed by atoms with Crippen LogP contribution in [0.4, 0.5) is 0 Å². The van der Waals surface area contributed by atoms with E-state index < -0.39 is 60.7 Å². The van der Waals surface area contributed by atoms with Gasteiger partial charge in [0.1, 0.15) is 12.1 Å². The Kier molecular flexibility index (Phi) is 11.5. The highest BCUT2D eigenvalue weighted by Crippen LogP contribution is 2.06. The van der Waals surface area contributed by atoms with E-state index in [1.165, 1.54) is 0 Å². The van der Waals surface area contributed by atoms with Crippen LogP contribution in [0.25, 0.3) is 0 Å². The van der Waals surface area contributed by atoms with Gasteiger partial charge in [-0.1, -0.05) is 27.7 Å². The molecular formula is C18H33N5O6. The molecule has 0 heterocycles. The van der Waals surface area contributed by atoms with Gasteiger partial charge in [0.25, 0.3) is 0 Å². The third-order valence-electron chi connectivity index (χ3n) is 3.86. The molecule has 0 aliphatic heterocycles. The third-order valence-corrected chi connectivity index (χ3v) is 3.86. The summed E-state index contributed by atoms with van der Waals surface area (Å²) in [6.07, 6.45) is 0.0844. The van der Waals surface area contributed by atoms with Crippen molar-refractivity contribution in [2.45, 2.75) is 65.1 Å². The number of nitrogens with two attached hydrogens (primary N) is 2. The smallest absolute Gasteiger partial charge is 0.326 e. The fourth-order valence-electron chi connectivity index (χ4n) is 2.53. The molecule has 0 saturated heterocycles. The van der Waals surface area contributed by atoms with E-state index in [4.69, 9.17) is 11.5 Å². The first-order valence-corrected chi connectivity index (χ1v) is 9.47. The van der Waals surface area contributed by atoms with Crippen molar-refractivity contribution in [1.29, 1.82) is 0 Å². The van der Waals surface area contributed by atoms with E-state index in [9.17, 15) is 29.1 Å². The van der Waals surface area contributed by atoms with Crippen molar-refractivity contribution in [3.8, 4) is 0 Å². The number of hydrogen-bond acceptors (Lipinski definition) is 6. The Labute approximate surface area is 170 Å². The number of carbonyl (C=O) groups is 5. The molecule has 0 aromatic rings. The van der Waals surface area contributed by atoms with Gasteiger partial charge in [0, 0.05) is 0 Å². The lowest BCUT2D eigenvalue weighted by molar-refractivity contribution is -0.142. The molecule has 0 radical (unpaired) electrons. The Balaban J connectivity index is 4.90. The van der Waals surface area contributed by atoms with Crippen LogP contribution < -0.4 is 27.4 Å². The van der Waals surface area contributed by atoms with Crippen molar-refractivity contribution in [1.82, 2.24) is 16.0 Å². The van der Waals surface area contributed by atoms with E-state index >= 15 is 0 Å². The predicted molar refractivity (Wildman–Crippen MR) is 105 cm³/mol. The van der Waals surface area contributed by atoms with Gasteiger partial charge in [-0.15, -0.1) is 0 Å². The zero-order chi connectivity index (χ0) is 22.7. The molecule has 3 unspecified atom stereocenters. The van der Waals surface area contributed by atoms with Gasteiger partial charge in [-0.25, -0.2) is 4.79 Å². The standard InChI is InChI=1S/C18H33N5O6/c1-9(2)5-11(19)16(26)21-8-15(25)22-12(7-14(20)24)17(27)23-13(18(28)29)6-10(3)4/h9-13H,5-8,19H2,1-4H3,(H2,20,24)(H,21,26)(H,22,25)(H,23,27)(H,28,29). The van der Waals surface area contributed by atoms with Crippen molar-refractivity contribution >= 4 is 29.6 Å². The quantitative estimate of drug-likeness (QED) is 0.209. The summed E-state index contributed by atoms with van der Waals surface area (Å²) >= 11 is 0. The number of aliphatic carboxylic acids is 1. The first kappa shape index (κ1) is 26.3. The lowest BCUT2D eigenvalue weighted by Gasteiger charge is -2.22. The van der Waals surface area contributed by atoms with E-state index in [1.54, 1.807) is 13.8 Å². The maximum Gasteiger partial charge on any atom is 0.326 e. The Hall–Kier alpha value is -2.69. The molecule has 0 aromatic carbocycles. The van der Waals surface area contributed by atoms with Crippen LogP contribution in [0.5, 0.6) is 0 Å². The van der Waals surface area contributed by atoms with Crippen LogP contribution in [0.2, 0.25) is 0 Å². The highest BCUT2D eigenvalue weighted by atomic mass is 16.4. The number of carboxylic acids is 1. The molecule has 29 heavy (non-hydrogen) atoms. The molecule has 0 aliphatic rings. The highest BCUT2D eigenvalue weighted by molar-refractivity contribution is 5.94. The van der Waals surface area contributed by atoms with Gasteiger partial charge < -0.3 is 32.5 Å². The second-order valence-electron chi connectivity index (χ2n) is 7.77. The Bertz CT molecular complexity index is 608. The van der Waals surface area contributed by atoms with Gasteiger partial charge in [0.2, 0.25) is 23.6 Å². The maximum atomic E-state index is 12.4. The largest absolute Gasteiger partial charge is 0.480 e. The van der Waals surface area contributed by atoms with Gasteiger partial charge in [-0.3, -0.25) is 19.2 Å². The normalized spacial score (nSPS) is 14.0. The summed E-state index contributed by atoms with van der Waals surface area (Å²) in [5.41, 5.74) is 10.8. The molecule has 11 nitrogen and oxygen atoms in total. The van der Waals surface area contributed by atoms with Crippen LogP contribution in [0.15, 0.2) is 0 Å². The summed E-state index contributed by atoms with van der Waals surface area (Å²) in [5.74, 6) is -4.02. The number of carboxylic acid groups (broad SMARTS) is 1. The van der Waals surface area contributed by atoms with Crippen LogP contribution in [-0.2, 0) is 24.0 Å². The number of amides is 4. The monoisotopic (exact) mass is 415 g/mol. The van der Waals surface area contributed by atoms with Crippen LogP contribution in [0, 0.1) is 11.8 Å². The van der Waals surface area contributed by atoms with Gasteiger partial charge in [0.05, 0.1) is 19.0 Å². The van der Waals surface area contributed by atoms with E-state index in [-0.39, 0.29) is 18.3 Å². The molecule has 11 heteroatoms. The van der Waals surface area contributed by atoms with Gasteiger partial charge >= 0.3 is 5.97 Å². The zero-order valence-corrected chi connectivity index (χ0v) is 17.4. The Morgan fingerprint density at radius 3 is 1.86 bits per heavy atom. The summed E-state index contributed by atoms with van der Waals surface area (Å²) in [7, 11) is 0. The molecular weight excluding hydrogens is 382 g/mol. The van der Waals surface area contributed by atoms with Crippen molar-refractivity contribution in [3.05, 3.63) is 0 Å². The zero-order valence-electron chi connectivity index (χ0n) is 17.4. The van der Waals surface area contributed by atoms with E-state index in [0.29, 0.717) is 6.42 Å². The molecule has 0 spiro atoms. The summed E-state index contributed by atoms with van der Waals surface area (Å²) in [6, 6.07) is -3.32. The lowest BCUT2D eigenvalue weighted by Crippen LogP contribution is -2.54. The van der Waals surface area contributed by atoms with Crippen molar-refractivity contribution in [2.24, 2.45) is 23.3 Å². The van der Waals surface area contributed by atoms with Crippen molar-refractivity contribution in [2.75, 3.05) is 6.54 Å². The van der Waals surface area contributed by atoms with Crippen LogP contribution >= 0.6 is 0 Å². The first-order valence-electron chi connectivity index (χ1n) is 9.47. The van der Waals surface area contributed by atoms with E-state index in [0.717, 1.165) is 0 Å². The summed E-state index contributed by atoms with van der Waals surface area (Å²) < 4.78 is 0. The Morgan fingerprint density at radius 2 is 1.41 bits per heavy atom. The second-order valence-corrected chi connectivity index (χ2v) is 7.77. The minimum Gasteiger partial charge on any atom is -0.480 e. The van der Waals surface area contributed by atoms with Crippen LogP contribution in [0.3, 0.4) is 0 Å². The van der Waals surface area contributed by atoms with Gasteiger partial charge in [0.15, 0.2) is 0 Å². The fraction of sp³-hybridized carbons (Fsp3) is 0.722. The third kappa shape index (κ3) is 11.7. The minimum atomic E-state index is -1.37. The molecule has 0 aromatic heterocycles. The number of primary amides is 1. The SMILES string of the molecule is CC(C)CC(N)C(=O)NCC(=O)NC(CC(N)=O)C(=O)NC(CC(C)C)C(=O)O. The molecule has 8 N–H and O–H groups in total. The topological polar surface area (TPSA) is 194 Å². The van der Waals surface area contributed by atoms with Gasteiger partial charge in [-0.2, -0.15) is 0 Å². The number of nitrogens with one attached hydrogen (secondary N) is 3.